The van der Waals surface area contributed by atoms with Crippen molar-refractivity contribution in [3.63, 3.8) is 0 Å². The summed E-state index contributed by atoms with van der Waals surface area (Å²) in [6, 6.07) is 7.48. The van der Waals surface area contributed by atoms with E-state index in [1.807, 2.05) is 0 Å². The Morgan fingerprint density at radius 3 is 2.61 bits per heavy atom. The van der Waals surface area contributed by atoms with Gasteiger partial charge in [0.05, 0.1) is 22.4 Å². The van der Waals surface area contributed by atoms with Gasteiger partial charge in [0.1, 0.15) is 11.6 Å². The first-order chi connectivity index (χ1) is 8.63. The highest BCUT2D eigenvalue weighted by molar-refractivity contribution is 9.10. The molecular formula is C13H11BrF2N2. The number of hydrogen-bond acceptors (Lipinski definition) is 2. The molecule has 0 amide bonds. The number of halogens is 3. The summed E-state index contributed by atoms with van der Waals surface area (Å²) < 4.78 is 27.2. The van der Waals surface area contributed by atoms with E-state index in [1.54, 1.807) is 25.2 Å². The average molecular weight is 313 g/mol. The quantitative estimate of drug-likeness (QED) is 0.939. The van der Waals surface area contributed by atoms with Gasteiger partial charge in [-0.25, -0.2) is 8.78 Å². The fourth-order valence-corrected chi connectivity index (χ4v) is 2.15. The summed E-state index contributed by atoms with van der Waals surface area (Å²) in [5, 5.41) is 2.98. The van der Waals surface area contributed by atoms with Gasteiger partial charge >= 0.3 is 0 Å². The van der Waals surface area contributed by atoms with Gasteiger partial charge in [0, 0.05) is 5.56 Å². The lowest BCUT2D eigenvalue weighted by Crippen LogP contribution is -2.20. The molecule has 0 aliphatic carbocycles. The number of hydrogen-bond donors (Lipinski definition) is 1. The maximum absolute atomic E-state index is 14.0. The molecule has 1 heterocycles. The monoisotopic (exact) mass is 312 g/mol. The van der Waals surface area contributed by atoms with Gasteiger partial charge in [-0.15, -0.1) is 0 Å². The van der Waals surface area contributed by atoms with Gasteiger partial charge in [-0.2, -0.15) is 0 Å². The minimum atomic E-state index is -0.414. The molecule has 0 radical (unpaired) electrons. The van der Waals surface area contributed by atoms with Crippen molar-refractivity contribution in [1.29, 1.82) is 0 Å². The van der Waals surface area contributed by atoms with E-state index in [4.69, 9.17) is 0 Å². The Morgan fingerprint density at radius 1 is 1.22 bits per heavy atom. The SMILES string of the molecule is CNC(c1ccc(F)cn1)c1cccc(Br)c1F. The van der Waals surface area contributed by atoms with Crippen molar-refractivity contribution in [1.82, 2.24) is 10.3 Å². The van der Waals surface area contributed by atoms with Crippen LogP contribution in [0.25, 0.3) is 0 Å². The summed E-state index contributed by atoms with van der Waals surface area (Å²) in [5.41, 5.74) is 1.03. The van der Waals surface area contributed by atoms with Crippen LogP contribution >= 0.6 is 15.9 Å². The zero-order valence-electron chi connectivity index (χ0n) is 9.62. The fourth-order valence-electron chi connectivity index (χ4n) is 1.76. The topological polar surface area (TPSA) is 24.9 Å². The summed E-state index contributed by atoms with van der Waals surface area (Å²) in [4.78, 5) is 3.98. The lowest BCUT2D eigenvalue weighted by Gasteiger charge is -2.17. The minimum Gasteiger partial charge on any atom is -0.308 e. The zero-order valence-corrected chi connectivity index (χ0v) is 11.2. The number of benzene rings is 1. The van der Waals surface area contributed by atoms with E-state index >= 15 is 0 Å². The van der Waals surface area contributed by atoms with Crippen molar-refractivity contribution in [2.75, 3.05) is 7.05 Å². The Balaban J connectivity index is 2.45. The predicted molar refractivity (Wildman–Crippen MR) is 69.2 cm³/mol. The van der Waals surface area contributed by atoms with Gasteiger partial charge in [-0.05, 0) is 41.2 Å². The number of pyridine rings is 1. The van der Waals surface area contributed by atoms with Gasteiger partial charge in [-0.3, -0.25) is 4.98 Å². The zero-order chi connectivity index (χ0) is 13.1. The van der Waals surface area contributed by atoms with Crippen molar-refractivity contribution in [2.45, 2.75) is 6.04 Å². The van der Waals surface area contributed by atoms with Crippen LogP contribution in [0.4, 0.5) is 8.78 Å². The molecular weight excluding hydrogens is 302 g/mol. The van der Waals surface area contributed by atoms with Gasteiger partial charge < -0.3 is 5.32 Å². The molecule has 2 nitrogen and oxygen atoms in total. The Labute approximate surface area is 112 Å². The van der Waals surface area contributed by atoms with Gasteiger partial charge in [0.25, 0.3) is 0 Å². The molecule has 0 bridgehead atoms. The molecule has 0 saturated carbocycles. The van der Waals surface area contributed by atoms with Crippen molar-refractivity contribution in [3.05, 3.63) is 63.9 Å². The van der Waals surface area contributed by atoms with Crippen LogP contribution in [-0.2, 0) is 0 Å². The molecule has 2 rings (SSSR count). The summed E-state index contributed by atoms with van der Waals surface area (Å²) in [6.07, 6.45) is 1.12. The third-order valence-corrected chi connectivity index (χ3v) is 3.24. The molecule has 2 aromatic rings. The molecule has 0 aliphatic heterocycles. The second-order valence-corrected chi connectivity index (χ2v) is 4.62. The standard InChI is InChI=1S/C13H11BrF2N2/c1-17-13(11-6-5-8(15)7-18-11)9-3-2-4-10(14)12(9)16/h2-7,13,17H,1H3. The molecule has 1 atom stereocenters. The molecule has 0 fully saturated rings. The van der Waals surface area contributed by atoms with E-state index in [0.29, 0.717) is 15.7 Å². The Hall–Kier alpha value is -1.33. The highest BCUT2D eigenvalue weighted by Gasteiger charge is 2.18. The Morgan fingerprint density at radius 2 is 2.00 bits per heavy atom. The highest BCUT2D eigenvalue weighted by Crippen LogP contribution is 2.27. The maximum atomic E-state index is 14.0. The highest BCUT2D eigenvalue weighted by atomic mass is 79.9. The van der Waals surface area contributed by atoms with Gasteiger partial charge in [0.2, 0.25) is 0 Å². The van der Waals surface area contributed by atoms with Crippen LogP contribution in [-0.4, -0.2) is 12.0 Å². The molecule has 0 spiro atoms. The molecule has 5 heteroatoms. The van der Waals surface area contributed by atoms with Crippen LogP contribution in [0, 0.1) is 11.6 Å². The normalized spacial score (nSPS) is 12.4. The van der Waals surface area contributed by atoms with Gasteiger partial charge in [0.15, 0.2) is 0 Å². The average Bonchev–Trinajstić information content (AvgIpc) is 2.37. The summed E-state index contributed by atoms with van der Waals surface area (Å²) in [5.74, 6) is -0.758. The fraction of sp³-hybridized carbons (Fsp3) is 0.154. The molecule has 1 N–H and O–H groups in total. The van der Waals surface area contributed by atoms with Crippen LogP contribution in [0.2, 0.25) is 0 Å². The second-order valence-electron chi connectivity index (χ2n) is 3.77. The van der Waals surface area contributed by atoms with E-state index in [2.05, 4.69) is 26.2 Å². The molecule has 0 saturated heterocycles. The second kappa shape index (κ2) is 5.54. The molecule has 1 aromatic carbocycles. The Bertz CT molecular complexity index is 543. The van der Waals surface area contributed by atoms with Crippen LogP contribution < -0.4 is 5.32 Å². The number of nitrogens with one attached hydrogen (secondary N) is 1. The van der Waals surface area contributed by atoms with E-state index in [0.717, 1.165) is 6.20 Å². The van der Waals surface area contributed by atoms with E-state index in [-0.39, 0.29) is 5.82 Å². The van der Waals surface area contributed by atoms with Crippen LogP contribution in [0.5, 0.6) is 0 Å². The van der Waals surface area contributed by atoms with Crippen LogP contribution in [0.1, 0.15) is 17.3 Å². The lowest BCUT2D eigenvalue weighted by atomic mass is 10.0. The van der Waals surface area contributed by atoms with E-state index in [1.165, 1.54) is 12.1 Å². The van der Waals surface area contributed by atoms with Gasteiger partial charge in [-0.1, -0.05) is 12.1 Å². The summed E-state index contributed by atoms with van der Waals surface area (Å²) in [6.45, 7) is 0. The maximum Gasteiger partial charge on any atom is 0.142 e. The first kappa shape index (κ1) is 13.1. The summed E-state index contributed by atoms with van der Waals surface area (Å²) >= 11 is 3.14. The molecule has 18 heavy (non-hydrogen) atoms. The smallest absolute Gasteiger partial charge is 0.142 e. The first-order valence-corrected chi connectivity index (χ1v) is 6.15. The Kier molecular flexibility index (Phi) is 4.04. The number of aromatic nitrogens is 1. The minimum absolute atomic E-state index is 0.344. The molecule has 1 aromatic heterocycles. The predicted octanol–water partition coefficient (Wildman–Crippen LogP) is 3.43. The van der Waals surface area contributed by atoms with Crippen molar-refractivity contribution >= 4 is 15.9 Å². The van der Waals surface area contributed by atoms with E-state index < -0.39 is 11.9 Å². The van der Waals surface area contributed by atoms with Crippen molar-refractivity contribution in [2.24, 2.45) is 0 Å². The van der Waals surface area contributed by atoms with Crippen molar-refractivity contribution < 1.29 is 8.78 Å². The van der Waals surface area contributed by atoms with Crippen LogP contribution in [0.15, 0.2) is 41.0 Å². The molecule has 94 valence electrons. The largest absolute Gasteiger partial charge is 0.308 e. The number of nitrogens with zero attached hydrogens (tertiary/aromatic N) is 1. The van der Waals surface area contributed by atoms with Crippen LogP contribution in [0.3, 0.4) is 0 Å². The van der Waals surface area contributed by atoms with Crippen molar-refractivity contribution in [3.8, 4) is 0 Å². The third kappa shape index (κ3) is 2.57. The van der Waals surface area contributed by atoms with E-state index in [9.17, 15) is 8.78 Å². The summed E-state index contributed by atoms with van der Waals surface area (Å²) in [7, 11) is 1.70. The third-order valence-electron chi connectivity index (χ3n) is 2.63. The number of rotatable bonds is 3. The molecule has 0 aliphatic rings. The first-order valence-electron chi connectivity index (χ1n) is 5.36. The lowest BCUT2D eigenvalue weighted by molar-refractivity contribution is 0.562. The molecule has 1 unspecified atom stereocenters.